The van der Waals surface area contributed by atoms with Gasteiger partial charge in [0.1, 0.15) is 5.75 Å². The molecule has 0 aliphatic carbocycles. The number of rotatable bonds is 5. The third kappa shape index (κ3) is 5.27. The number of nitrogens with zero attached hydrogens (tertiary/aromatic N) is 1. The van der Waals surface area contributed by atoms with Crippen LogP contribution in [0, 0.1) is 13.8 Å². The second-order valence-electron chi connectivity index (χ2n) is 4.80. The Morgan fingerprint density at radius 1 is 1.18 bits per heavy atom. The SMILES string of the molecule is CCN=C(NCC)NC(=O)Nc1c(C)cc(OCC)cc1C. The lowest BCUT2D eigenvalue weighted by molar-refractivity contribution is 0.256. The molecule has 0 saturated heterocycles. The summed E-state index contributed by atoms with van der Waals surface area (Å²) in [5.74, 6) is 1.29. The topological polar surface area (TPSA) is 74.8 Å². The van der Waals surface area contributed by atoms with E-state index < -0.39 is 0 Å². The van der Waals surface area contributed by atoms with Gasteiger partial charge in [-0.2, -0.15) is 0 Å². The Balaban J connectivity index is 2.81. The van der Waals surface area contributed by atoms with E-state index >= 15 is 0 Å². The van der Waals surface area contributed by atoms with Crippen molar-refractivity contribution < 1.29 is 9.53 Å². The van der Waals surface area contributed by atoms with Crippen LogP contribution >= 0.6 is 0 Å². The Morgan fingerprint density at radius 3 is 2.32 bits per heavy atom. The molecule has 0 aromatic heterocycles. The summed E-state index contributed by atoms with van der Waals surface area (Å²) in [7, 11) is 0. The lowest BCUT2D eigenvalue weighted by Gasteiger charge is -2.15. The van der Waals surface area contributed by atoms with Crippen LogP contribution in [0.15, 0.2) is 17.1 Å². The van der Waals surface area contributed by atoms with Gasteiger partial charge in [0.2, 0.25) is 0 Å². The molecule has 0 fully saturated rings. The minimum atomic E-state index is -0.316. The third-order valence-corrected chi connectivity index (χ3v) is 2.95. The van der Waals surface area contributed by atoms with Crippen LogP contribution in [-0.2, 0) is 0 Å². The maximum Gasteiger partial charge on any atom is 0.326 e. The second kappa shape index (κ2) is 8.92. The van der Waals surface area contributed by atoms with E-state index in [-0.39, 0.29) is 6.03 Å². The quantitative estimate of drug-likeness (QED) is 0.578. The van der Waals surface area contributed by atoms with E-state index in [1.165, 1.54) is 0 Å². The van der Waals surface area contributed by atoms with Crippen molar-refractivity contribution in [3.63, 3.8) is 0 Å². The molecule has 0 bridgehead atoms. The predicted octanol–water partition coefficient (Wildman–Crippen LogP) is 2.81. The summed E-state index contributed by atoms with van der Waals surface area (Å²) in [6.45, 7) is 11.6. The molecule has 0 saturated carbocycles. The van der Waals surface area contributed by atoms with Gasteiger partial charge in [0, 0.05) is 18.8 Å². The van der Waals surface area contributed by atoms with Gasteiger partial charge in [-0.3, -0.25) is 10.3 Å². The summed E-state index contributed by atoms with van der Waals surface area (Å²) in [6.07, 6.45) is 0. The summed E-state index contributed by atoms with van der Waals surface area (Å²) < 4.78 is 5.50. The monoisotopic (exact) mass is 306 g/mol. The maximum absolute atomic E-state index is 12.1. The number of aliphatic imine (C=N–C) groups is 1. The first-order chi connectivity index (χ1) is 10.5. The molecular formula is C16H26N4O2. The lowest BCUT2D eigenvalue weighted by atomic mass is 10.1. The molecule has 0 atom stereocenters. The van der Waals surface area contributed by atoms with Crippen LogP contribution < -0.4 is 20.7 Å². The summed E-state index contributed by atoms with van der Waals surface area (Å²) in [4.78, 5) is 16.3. The molecule has 1 aromatic rings. The molecule has 1 rings (SSSR count). The van der Waals surface area contributed by atoms with Gasteiger partial charge in [0.25, 0.3) is 0 Å². The van der Waals surface area contributed by atoms with E-state index in [4.69, 9.17) is 4.74 Å². The Morgan fingerprint density at radius 2 is 1.82 bits per heavy atom. The number of anilines is 1. The fourth-order valence-corrected chi connectivity index (χ4v) is 2.09. The largest absolute Gasteiger partial charge is 0.494 e. The van der Waals surface area contributed by atoms with Crippen LogP contribution in [-0.4, -0.2) is 31.7 Å². The molecule has 6 heteroatoms. The molecule has 1 aromatic carbocycles. The highest BCUT2D eigenvalue weighted by atomic mass is 16.5. The number of urea groups is 1. The highest BCUT2D eigenvalue weighted by Crippen LogP contribution is 2.26. The first-order valence-electron chi connectivity index (χ1n) is 7.62. The number of benzene rings is 1. The van der Waals surface area contributed by atoms with Gasteiger partial charge in [-0.05, 0) is 57.9 Å². The lowest BCUT2D eigenvalue weighted by Crippen LogP contribution is -2.43. The van der Waals surface area contributed by atoms with E-state index in [1.807, 2.05) is 46.8 Å². The molecule has 0 radical (unpaired) electrons. The van der Waals surface area contributed by atoms with Gasteiger partial charge in [-0.1, -0.05) is 0 Å². The smallest absolute Gasteiger partial charge is 0.326 e. The predicted molar refractivity (Wildman–Crippen MR) is 90.9 cm³/mol. The summed E-state index contributed by atoms with van der Waals surface area (Å²) >= 11 is 0. The number of aryl methyl sites for hydroxylation is 2. The van der Waals surface area contributed by atoms with Crippen molar-refractivity contribution >= 4 is 17.7 Å². The van der Waals surface area contributed by atoms with Crippen molar-refractivity contribution in [1.29, 1.82) is 0 Å². The van der Waals surface area contributed by atoms with Crippen molar-refractivity contribution in [3.8, 4) is 5.75 Å². The molecule has 122 valence electrons. The number of guanidine groups is 1. The fourth-order valence-electron chi connectivity index (χ4n) is 2.09. The van der Waals surface area contributed by atoms with Crippen molar-refractivity contribution in [2.75, 3.05) is 25.0 Å². The van der Waals surface area contributed by atoms with Gasteiger partial charge >= 0.3 is 6.03 Å². The Kier molecular flexibility index (Phi) is 7.22. The molecule has 3 N–H and O–H groups in total. The van der Waals surface area contributed by atoms with Crippen LogP contribution in [0.25, 0.3) is 0 Å². The van der Waals surface area contributed by atoms with Crippen molar-refractivity contribution in [2.45, 2.75) is 34.6 Å². The third-order valence-electron chi connectivity index (χ3n) is 2.95. The number of amides is 2. The number of carbonyl (C=O) groups is 1. The molecule has 0 aliphatic heterocycles. The minimum Gasteiger partial charge on any atom is -0.494 e. The minimum absolute atomic E-state index is 0.316. The second-order valence-corrected chi connectivity index (χ2v) is 4.80. The number of nitrogens with one attached hydrogen (secondary N) is 3. The summed E-state index contributed by atoms with van der Waals surface area (Å²) in [6, 6.07) is 3.51. The Bertz CT molecular complexity index is 518. The number of hydrogen-bond acceptors (Lipinski definition) is 3. The Labute approximate surface area is 132 Å². The van der Waals surface area contributed by atoms with Gasteiger partial charge < -0.3 is 15.4 Å². The van der Waals surface area contributed by atoms with Gasteiger partial charge in [-0.25, -0.2) is 4.79 Å². The molecule has 0 heterocycles. The highest BCUT2D eigenvalue weighted by molar-refractivity contribution is 6.03. The number of hydrogen-bond donors (Lipinski definition) is 3. The zero-order valence-electron chi connectivity index (χ0n) is 14.0. The van der Waals surface area contributed by atoms with E-state index in [0.717, 1.165) is 22.6 Å². The van der Waals surface area contributed by atoms with E-state index in [2.05, 4.69) is 20.9 Å². The summed E-state index contributed by atoms with van der Waals surface area (Å²) in [5.41, 5.74) is 2.69. The molecule has 6 nitrogen and oxygen atoms in total. The average Bonchev–Trinajstić information content (AvgIpc) is 2.44. The van der Waals surface area contributed by atoms with Crippen LogP contribution in [0.5, 0.6) is 5.75 Å². The van der Waals surface area contributed by atoms with E-state index in [0.29, 0.717) is 25.7 Å². The molecule has 0 unspecified atom stereocenters. The summed E-state index contributed by atoms with van der Waals surface area (Å²) in [5, 5.41) is 8.60. The van der Waals surface area contributed by atoms with Crippen molar-refractivity contribution in [1.82, 2.24) is 10.6 Å². The highest BCUT2D eigenvalue weighted by Gasteiger charge is 2.11. The normalized spacial score (nSPS) is 11.0. The van der Waals surface area contributed by atoms with E-state index in [9.17, 15) is 4.79 Å². The molecule has 0 spiro atoms. The Hall–Kier alpha value is -2.24. The molecule has 0 aliphatic rings. The van der Waals surface area contributed by atoms with Crippen molar-refractivity contribution in [3.05, 3.63) is 23.3 Å². The number of carbonyl (C=O) groups excluding carboxylic acids is 1. The molecular weight excluding hydrogens is 280 g/mol. The van der Waals surface area contributed by atoms with Gasteiger partial charge in [0.15, 0.2) is 5.96 Å². The van der Waals surface area contributed by atoms with E-state index in [1.54, 1.807) is 0 Å². The molecule has 2 amide bonds. The standard InChI is InChI=1S/C16H26N4O2/c1-6-17-15(18-7-2)20-16(21)19-14-11(4)9-13(22-8-3)10-12(14)5/h9-10H,6-8H2,1-5H3,(H3,17,18,19,20,21). The van der Waals surface area contributed by atoms with Crippen LogP contribution in [0.4, 0.5) is 10.5 Å². The van der Waals surface area contributed by atoms with Crippen molar-refractivity contribution in [2.24, 2.45) is 4.99 Å². The average molecular weight is 306 g/mol. The van der Waals surface area contributed by atoms with Gasteiger partial charge in [-0.15, -0.1) is 0 Å². The van der Waals surface area contributed by atoms with Crippen LogP contribution in [0.3, 0.4) is 0 Å². The zero-order chi connectivity index (χ0) is 16.5. The van der Waals surface area contributed by atoms with Crippen LogP contribution in [0.2, 0.25) is 0 Å². The molecule has 22 heavy (non-hydrogen) atoms. The number of ether oxygens (including phenoxy) is 1. The van der Waals surface area contributed by atoms with Gasteiger partial charge in [0.05, 0.1) is 6.61 Å². The maximum atomic E-state index is 12.1. The van der Waals surface area contributed by atoms with Crippen LogP contribution in [0.1, 0.15) is 31.9 Å². The first-order valence-corrected chi connectivity index (χ1v) is 7.62. The zero-order valence-corrected chi connectivity index (χ0v) is 14.0. The fraction of sp³-hybridized carbons (Fsp3) is 0.500. The first kappa shape index (κ1) is 17.8.